The molecule has 1 atom stereocenters. The van der Waals surface area contributed by atoms with Crippen molar-refractivity contribution in [2.45, 2.75) is 13.0 Å². The molecule has 1 amide bonds. The fourth-order valence-electron chi connectivity index (χ4n) is 2.61. The fourth-order valence-corrected chi connectivity index (χ4v) is 2.61. The minimum Gasteiger partial charge on any atom is -0.496 e. The van der Waals surface area contributed by atoms with Gasteiger partial charge in [-0.15, -0.1) is 0 Å². The lowest BCUT2D eigenvalue weighted by Crippen LogP contribution is -2.31. The van der Waals surface area contributed by atoms with E-state index >= 15 is 0 Å². The molecule has 1 N–H and O–H groups in total. The Morgan fingerprint density at radius 2 is 1.59 bits per heavy atom. The average molecular weight is 409 g/mol. The molecule has 0 aromatic heterocycles. The lowest BCUT2D eigenvalue weighted by Gasteiger charge is -2.16. The summed E-state index contributed by atoms with van der Waals surface area (Å²) in [7, 11) is 4.21. The van der Waals surface area contributed by atoms with E-state index in [1.807, 2.05) is 0 Å². The number of carbonyl (C=O) groups excluding carboxylic acids is 2. The first kappa shape index (κ1) is 21.9. The highest BCUT2D eigenvalue weighted by atomic mass is 19.1. The summed E-state index contributed by atoms with van der Waals surface area (Å²) in [4.78, 5) is 24.4. The number of esters is 1. The van der Waals surface area contributed by atoms with Crippen molar-refractivity contribution >= 4 is 11.9 Å². The third kappa shape index (κ3) is 5.34. The number of methoxy groups -OCH3 is 3. The zero-order chi connectivity index (χ0) is 21.6. The molecule has 7 nitrogen and oxygen atoms in total. The molecule has 0 aliphatic carbocycles. The molecule has 2 aromatic carbocycles. The first-order chi connectivity index (χ1) is 13.8. The number of rotatable bonds is 8. The van der Waals surface area contributed by atoms with Gasteiger partial charge in [0.15, 0.2) is 18.1 Å². The van der Waals surface area contributed by atoms with E-state index in [4.69, 9.17) is 18.9 Å². The summed E-state index contributed by atoms with van der Waals surface area (Å²) >= 11 is 0. The Morgan fingerprint density at radius 3 is 2.17 bits per heavy atom. The van der Waals surface area contributed by atoms with Gasteiger partial charge in [-0.25, -0.2) is 13.6 Å². The number of amides is 1. The SMILES string of the molecule is COc1cc(OC)c(C(=O)OCC(=O)N[C@@H](C)c2ccc(F)cc2F)cc1OC. The zero-order valence-corrected chi connectivity index (χ0v) is 16.4. The van der Waals surface area contributed by atoms with E-state index in [-0.39, 0.29) is 22.6 Å². The lowest BCUT2D eigenvalue weighted by atomic mass is 10.1. The molecule has 0 aliphatic heterocycles. The van der Waals surface area contributed by atoms with Crippen LogP contribution < -0.4 is 19.5 Å². The standard InChI is InChI=1S/C20H21F2NO6/c1-11(13-6-5-12(21)7-15(13)22)23-19(24)10-29-20(25)14-8-17(27-3)18(28-4)9-16(14)26-2/h5-9,11H,10H2,1-4H3,(H,23,24)/t11-/m0/s1. The van der Waals surface area contributed by atoms with Crippen molar-refractivity contribution in [1.29, 1.82) is 0 Å². The van der Waals surface area contributed by atoms with Crippen LogP contribution >= 0.6 is 0 Å². The first-order valence-corrected chi connectivity index (χ1v) is 8.52. The Balaban J connectivity index is 2.04. The number of halogens is 2. The van der Waals surface area contributed by atoms with Crippen LogP contribution in [0.3, 0.4) is 0 Å². The third-order valence-electron chi connectivity index (χ3n) is 4.07. The number of nitrogens with one attached hydrogen (secondary N) is 1. The maximum absolute atomic E-state index is 13.8. The minimum absolute atomic E-state index is 0.0376. The Morgan fingerprint density at radius 1 is 0.966 bits per heavy atom. The van der Waals surface area contributed by atoms with Crippen LogP contribution in [0.1, 0.15) is 28.9 Å². The van der Waals surface area contributed by atoms with Crippen molar-refractivity contribution in [2.24, 2.45) is 0 Å². The number of benzene rings is 2. The Bertz CT molecular complexity index is 903. The highest BCUT2D eigenvalue weighted by molar-refractivity contribution is 5.95. The molecule has 0 heterocycles. The third-order valence-corrected chi connectivity index (χ3v) is 4.07. The van der Waals surface area contributed by atoms with Gasteiger partial charge in [-0.1, -0.05) is 6.07 Å². The van der Waals surface area contributed by atoms with Gasteiger partial charge in [0.1, 0.15) is 22.9 Å². The summed E-state index contributed by atoms with van der Waals surface area (Å²) in [5, 5.41) is 2.48. The molecule has 156 valence electrons. The van der Waals surface area contributed by atoms with Crippen molar-refractivity contribution in [3.05, 3.63) is 53.1 Å². The van der Waals surface area contributed by atoms with E-state index in [1.54, 1.807) is 0 Å². The van der Waals surface area contributed by atoms with Crippen LogP contribution in [0.4, 0.5) is 8.78 Å². The van der Waals surface area contributed by atoms with Gasteiger partial charge in [0, 0.05) is 23.8 Å². The summed E-state index contributed by atoms with van der Waals surface area (Å²) in [6.07, 6.45) is 0. The smallest absolute Gasteiger partial charge is 0.342 e. The molecule has 0 bridgehead atoms. The Kier molecular flexibility index (Phi) is 7.35. The molecule has 0 saturated heterocycles. The van der Waals surface area contributed by atoms with Crippen LogP contribution in [0.15, 0.2) is 30.3 Å². The summed E-state index contributed by atoms with van der Waals surface area (Å²) < 4.78 is 47.2. The Labute approximate surface area is 166 Å². The summed E-state index contributed by atoms with van der Waals surface area (Å²) in [5.41, 5.74) is 0.142. The first-order valence-electron chi connectivity index (χ1n) is 8.52. The van der Waals surface area contributed by atoms with Gasteiger partial charge in [0.05, 0.1) is 27.4 Å². The van der Waals surface area contributed by atoms with E-state index in [2.05, 4.69) is 5.32 Å². The molecule has 9 heteroatoms. The van der Waals surface area contributed by atoms with Crippen LogP contribution in [0, 0.1) is 11.6 Å². The summed E-state index contributed by atoms with van der Waals surface area (Å²) in [5.74, 6) is -2.17. The number of ether oxygens (including phenoxy) is 4. The van der Waals surface area contributed by atoms with Crippen LogP contribution in [-0.2, 0) is 9.53 Å². The van der Waals surface area contributed by atoms with Gasteiger partial charge < -0.3 is 24.3 Å². The molecule has 0 aliphatic rings. The van der Waals surface area contributed by atoms with E-state index in [0.29, 0.717) is 5.75 Å². The minimum atomic E-state index is -0.821. The second-order valence-corrected chi connectivity index (χ2v) is 5.94. The maximum atomic E-state index is 13.8. The highest BCUT2D eigenvalue weighted by Gasteiger charge is 2.21. The van der Waals surface area contributed by atoms with E-state index in [1.165, 1.54) is 46.5 Å². The molecule has 2 rings (SSSR count). The molecular weight excluding hydrogens is 388 g/mol. The van der Waals surface area contributed by atoms with Crippen molar-refractivity contribution in [3.8, 4) is 17.2 Å². The van der Waals surface area contributed by atoms with Crippen LogP contribution in [-0.4, -0.2) is 39.8 Å². The fraction of sp³-hybridized carbons (Fsp3) is 0.300. The maximum Gasteiger partial charge on any atom is 0.342 e. The van der Waals surface area contributed by atoms with Crippen LogP contribution in [0.5, 0.6) is 17.2 Å². The predicted octanol–water partition coefficient (Wildman–Crippen LogP) is 3.02. The van der Waals surface area contributed by atoms with E-state index in [9.17, 15) is 18.4 Å². The topological polar surface area (TPSA) is 83.1 Å². The van der Waals surface area contributed by atoms with Crippen molar-refractivity contribution in [3.63, 3.8) is 0 Å². The van der Waals surface area contributed by atoms with E-state index < -0.39 is 36.2 Å². The second-order valence-electron chi connectivity index (χ2n) is 5.94. The van der Waals surface area contributed by atoms with Crippen molar-refractivity contribution < 1.29 is 37.3 Å². The quantitative estimate of drug-likeness (QED) is 0.675. The molecule has 29 heavy (non-hydrogen) atoms. The van der Waals surface area contributed by atoms with Gasteiger partial charge in [-0.3, -0.25) is 4.79 Å². The molecule has 0 spiro atoms. The molecule has 0 fully saturated rings. The zero-order valence-electron chi connectivity index (χ0n) is 16.4. The van der Waals surface area contributed by atoms with Gasteiger partial charge in [-0.2, -0.15) is 0 Å². The van der Waals surface area contributed by atoms with Gasteiger partial charge in [-0.05, 0) is 13.0 Å². The largest absolute Gasteiger partial charge is 0.496 e. The number of carbonyl (C=O) groups is 2. The number of hydrogen-bond donors (Lipinski definition) is 1. The van der Waals surface area contributed by atoms with Crippen LogP contribution in [0.25, 0.3) is 0 Å². The van der Waals surface area contributed by atoms with Gasteiger partial charge in [0.2, 0.25) is 0 Å². The van der Waals surface area contributed by atoms with Gasteiger partial charge >= 0.3 is 5.97 Å². The van der Waals surface area contributed by atoms with Gasteiger partial charge in [0.25, 0.3) is 5.91 Å². The molecule has 0 unspecified atom stereocenters. The molecule has 0 radical (unpaired) electrons. The predicted molar refractivity (Wildman–Crippen MR) is 99.3 cm³/mol. The number of hydrogen-bond acceptors (Lipinski definition) is 6. The van der Waals surface area contributed by atoms with E-state index in [0.717, 1.165) is 12.1 Å². The van der Waals surface area contributed by atoms with Crippen molar-refractivity contribution in [2.75, 3.05) is 27.9 Å². The lowest BCUT2D eigenvalue weighted by molar-refractivity contribution is -0.124. The Hall–Kier alpha value is -3.36. The second kappa shape index (κ2) is 9.72. The highest BCUT2D eigenvalue weighted by Crippen LogP contribution is 2.34. The monoisotopic (exact) mass is 409 g/mol. The molecular formula is C20H21F2NO6. The molecule has 2 aromatic rings. The van der Waals surface area contributed by atoms with Crippen LogP contribution in [0.2, 0.25) is 0 Å². The normalized spacial score (nSPS) is 11.4. The summed E-state index contributed by atoms with van der Waals surface area (Å²) in [6.45, 7) is 0.914. The summed E-state index contributed by atoms with van der Waals surface area (Å²) in [6, 6.07) is 5.11. The van der Waals surface area contributed by atoms with Crippen molar-refractivity contribution in [1.82, 2.24) is 5.32 Å². The molecule has 0 saturated carbocycles. The average Bonchev–Trinajstić information content (AvgIpc) is 2.70.